The van der Waals surface area contributed by atoms with Gasteiger partial charge in [-0.15, -0.1) is 0 Å². The first-order valence-electron chi connectivity index (χ1n) is 6.22. The Bertz CT molecular complexity index is 451. The van der Waals surface area contributed by atoms with Gasteiger partial charge in [0, 0.05) is 25.2 Å². The summed E-state index contributed by atoms with van der Waals surface area (Å²) in [6.07, 6.45) is 2.28. The molecular weight excluding hydrogens is 249 g/mol. The van der Waals surface area contributed by atoms with Crippen LogP contribution in [0.2, 0.25) is 0 Å². The summed E-state index contributed by atoms with van der Waals surface area (Å²) in [6.45, 7) is 4.04. The molecule has 6 heteroatoms. The predicted octanol–water partition coefficient (Wildman–Crippen LogP) is 1.26. The molecule has 0 aromatic carbocycles. The fourth-order valence-corrected chi connectivity index (χ4v) is 1.39. The first kappa shape index (κ1) is 15.1. The molecule has 0 saturated carbocycles. The van der Waals surface area contributed by atoms with Gasteiger partial charge in [0.2, 0.25) is 11.9 Å². The van der Waals surface area contributed by atoms with E-state index in [1.807, 2.05) is 13.8 Å². The lowest BCUT2D eigenvalue weighted by molar-refractivity contribution is -0.121. The normalized spacial score (nSPS) is 11.7. The maximum atomic E-state index is 13.2. The summed E-state index contributed by atoms with van der Waals surface area (Å²) in [7, 11) is 0. The highest BCUT2D eigenvalue weighted by Gasteiger charge is 2.12. The van der Waals surface area contributed by atoms with Crippen molar-refractivity contribution in [2.24, 2.45) is 0 Å². The molecule has 1 heterocycles. The third-order valence-electron chi connectivity index (χ3n) is 2.66. The standard InChI is InChI=1S/C13H18FN3O2/c1-3-9(2)17-11(18)6-8-16-13(19)10-5-4-7-15-12(10)14/h4-5,7,9H,3,6,8H2,1-2H3,(H,16,19)(H,17,18). The Balaban J connectivity index is 2.36. The minimum Gasteiger partial charge on any atom is -0.354 e. The third kappa shape index (κ3) is 5.03. The van der Waals surface area contributed by atoms with Crippen molar-refractivity contribution in [3.63, 3.8) is 0 Å². The molecule has 104 valence electrons. The van der Waals surface area contributed by atoms with E-state index in [-0.39, 0.29) is 30.5 Å². The average molecular weight is 267 g/mol. The summed E-state index contributed by atoms with van der Waals surface area (Å²) in [4.78, 5) is 26.4. The van der Waals surface area contributed by atoms with Gasteiger partial charge in [-0.25, -0.2) is 4.98 Å². The number of pyridine rings is 1. The van der Waals surface area contributed by atoms with Crippen LogP contribution in [0.4, 0.5) is 4.39 Å². The van der Waals surface area contributed by atoms with Gasteiger partial charge in [0.1, 0.15) is 0 Å². The topological polar surface area (TPSA) is 71.1 Å². The van der Waals surface area contributed by atoms with Gasteiger partial charge in [-0.05, 0) is 25.5 Å². The van der Waals surface area contributed by atoms with E-state index in [0.29, 0.717) is 0 Å². The Hall–Kier alpha value is -1.98. The number of amides is 2. The minimum atomic E-state index is -0.816. The molecule has 0 radical (unpaired) electrons. The van der Waals surface area contributed by atoms with Gasteiger partial charge in [-0.1, -0.05) is 6.92 Å². The van der Waals surface area contributed by atoms with Crippen LogP contribution in [0.15, 0.2) is 18.3 Å². The van der Waals surface area contributed by atoms with Crippen LogP contribution in [0.5, 0.6) is 0 Å². The summed E-state index contributed by atoms with van der Waals surface area (Å²) >= 11 is 0. The van der Waals surface area contributed by atoms with Crippen molar-refractivity contribution in [3.05, 3.63) is 29.8 Å². The van der Waals surface area contributed by atoms with Gasteiger partial charge < -0.3 is 10.6 Å². The summed E-state index contributed by atoms with van der Waals surface area (Å²) < 4.78 is 13.2. The smallest absolute Gasteiger partial charge is 0.255 e. The fourth-order valence-electron chi connectivity index (χ4n) is 1.39. The Morgan fingerprint density at radius 1 is 1.47 bits per heavy atom. The quantitative estimate of drug-likeness (QED) is 0.762. The number of rotatable bonds is 6. The molecule has 0 bridgehead atoms. The zero-order valence-corrected chi connectivity index (χ0v) is 11.1. The first-order chi connectivity index (χ1) is 9.04. The maximum absolute atomic E-state index is 13.2. The van der Waals surface area contributed by atoms with Gasteiger partial charge in [-0.2, -0.15) is 4.39 Å². The Morgan fingerprint density at radius 2 is 2.21 bits per heavy atom. The van der Waals surface area contributed by atoms with Crippen LogP contribution in [0.3, 0.4) is 0 Å². The molecule has 19 heavy (non-hydrogen) atoms. The molecule has 1 aromatic heterocycles. The molecule has 2 N–H and O–H groups in total. The molecular formula is C13H18FN3O2. The fraction of sp³-hybridized carbons (Fsp3) is 0.462. The molecule has 0 spiro atoms. The summed E-state index contributed by atoms with van der Waals surface area (Å²) in [5.74, 6) is -1.52. The second-order valence-electron chi connectivity index (χ2n) is 4.22. The van der Waals surface area contributed by atoms with Gasteiger partial charge in [0.15, 0.2) is 0 Å². The van der Waals surface area contributed by atoms with Gasteiger partial charge in [-0.3, -0.25) is 9.59 Å². The van der Waals surface area contributed by atoms with Crippen molar-refractivity contribution < 1.29 is 14.0 Å². The monoisotopic (exact) mass is 267 g/mol. The Morgan fingerprint density at radius 3 is 2.84 bits per heavy atom. The van der Waals surface area contributed by atoms with Crippen LogP contribution in [0, 0.1) is 5.95 Å². The molecule has 1 unspecified atom stereocenters. The van der Waals surface area contributed by atoms with Crippen molar-refractivity contribution in [3.8, 4) is 0 Å². The second kappa shape index (κ2) is 7.45. The molecule has 0 aliphatic rings. The minimum absolute atomic E-state index is 0.110. The van der Waals surface area contributed by atoms with E-state index in [0.717, 1.165) is 6.42 Å². The number of hydrogen-bond acceptors (Lipinski definition) is 3. The third-order valence-corrected chi connectivity index (χ3v) is 2.66. The van der Waals surface area contributed by atoms with Crippen LogP contribution in [0.25, 0.3) is 0 Å². The van der Waals surface area contributed by atoms with Crippen LogP contribution in [-0.4, -0.2) is 29.4 Å². The Labute approximate surface area is 111 Å². The number of halogens is 1. The summed E-state index contributed by atoms with van der Waals surface area (Å²) in [5, 5.41) is 5.26. The number of nitrogens with one attached hydrogen (secondary N) is 2. The lowest BCUT2D eigenvalue weighted by atomic mass is 10.2. The molecule has 2 amide bonds. The molecule has 0 aliphatic heterocycles. The molecule has 1 atom stereocenters. The lowest BCUT2D eigenvalue weighted by Crippen LogP contribution is -2.35. The maximum Gasteiger partial charge on any atom is 0.255 e. The molecule has 0 aliphatic carbocycles. The molecule has 0 fully saturated rings. The largest absolute Gasteiger partial charge is 0.354 e. The number of hydrogen-bond donors (Lipinski definition) is 2. The number of carbonyl (C=O) groups is 2. The van der Waals surface area contributed by atoms with Crippen LogP contribution >= 0.6 is 0 Å². The summed E-state index contributed by atoms with van der Waals surface area (Å²) in [6, 6.07) is 2.93. The number of aromatic nitrogens is 1. The van der Waals surface area contributed by atoms with E-state index in [1.165, 1.54) is 18.3 Å². The van der Waals surface area contributed by atoms with Crippen molar-refractivity contribution >= 4 is 11.8 Å². The van der Waals surface area contributed by atoms with Gasteiger partial charge in [0.25, 0.3) is 5.91 Å². The molecule has 0 saturated heterocycles. The van der Waals surface area contributed by atoms with Crippen molar-refractivity contribution in [1.82, 2.24) is 15.6 Å². The van der Waals surface area contributed by atoms with Crippen LogP contribution in [0.1, 0.15) is 37.0 Å². The van der Waals surface area contributed by atoms with Crippen molar-refractivity contribution in [1.29, 1.82) is 0 Å². The molecule has 1 aromatic rings. The SMILES string of the molecule is CCC(C)NC(=O)CCNC(=O)c1cccnc1F. The van der Waals surface area contributed by atoms with E-state index in [9.17, 15) is 14.0 Å². The average Bonchev–Trinajstić information content (AvgIpc) is 2.38. The van der Waals surface area contributed by atoms with Gasteiger partial charge in [0.05, 0.1) is 5.56 Å². The van der Waals surface area contributed by atoms with Crippen LogP contribution < -0.4 is 10.6 Å². The predicted molar refractivity (Wildman–Crippen MR) is 69.0 cm³/mol. The highest BCUT2D eigenvalue weighted by molar-refractivity contribution is 5.94. The second-order valence-corrected chi connectivity index (χ2v) is 4.22. The number of carbonyl (C=O) groups excluding carboxylic acids is 2. The van der Waals surface area contributed by atoms with Crippen molar-refractivity contribution in [2.45, 2.75) is 32.7 Å². The zero-order valence-electron chi connectivity index (χ0n) is 11.1. The highest BCUT2D eigenvalue weighted by atomic mass is 19.1. The van der Waals surface area contributed by atoms with Crippen molar-refractivity contribution in [2.75, 3.05) is 6.54 Å². The van der Waals surface area contributed by atoms with E-state index in [1.54, 1.807) is 0 Å². The highest BCUT2D eigenvalue weighted by Crippen LogP contribution is 2.02. The lowest BCUT2D eigenvalue weighted by Gasteiger charge is -2.11. The zero-order chi connectivity index (χ0) is 14.3. The Kier molecular flexibility index (Phi) is 5.92. The number of nitrogens with zero attached hydrogens (tertiary/aromatic N) is 1. The molecule has 5 nitrogen and oxygen atoms in total. The van der Waals surface area contributed by atoms with Crippen LogP contribution in [-0.2, 0) is 4.79 Å². The van der Waals surface area contributed by atoms with E-state index in [2.05, 4.69) is 15.6 Å². The summed E-state index contributed by atoms with van der Waals surface area (Å²) in [5.41, 5.74) is -0.121. The van der Waals surface area contributed by atoms with E-state index < -0.39 is 11.9 Å². The molecule has 1 rings (SSSR count). The van der Waals surface area contributed by atoms with E-state index >= 15 is 0 Å². The first-order valence-corrected chi connectivity index (χ1v) is 6.22. The van der Waals surface area contributed by atoms with Gasteiger partial charge >= 0.3 is 0 Å². The van der Waals surface area contributed by atoms with E-state index in [4.69, 9.17) is 0 Å².